The van der Waals surface area contributed by atoms with Crippen molar-refractivity contribution in [3.05, 3.63) is 71.0 Å². The van der Waals surface area contributed by atoms with E-state index in [2.05, 4.69) is 33.0 Å². The Hall–Kier alpha value is -2.71. The summed E-state index contributed by atoms with van der Waals surface area (Å²) in [5, 5.41) is 12.3. The van der Waals surface area contributed by atoms with E-state index in [-0.39, 0.29) is 5.82 Å². The third kappa shape index (κ3) is 3.45. The molecule has 0 saturated carbocycles. The standard InChI is InChI=1S/C18H13ClFN5OS/c1-25-16(10-4-3-7-13(20)9-10)22-23-17(25)14(27)15-21-18(26-24-15)11-5-2-6-12(19)8-11/h2-9,14,27H,1H3. The molecule has 0 fully saturated rings. The molecule has 0 aliphatic carbocycles. The highest BCUT2D eigenvalue weighted by molar-refractivity contribution is 7.80. The molecule has 0 saturated heterocycles. The fourth-order valence-electron chi connectivity index (χ4n) is 2.66. The Kier molecular flexibility index (Phi) is 4.67. The molecule has 4 aromatic rings. The average Bonchev–Trinajstić information content (AvgIpc) is 3.28. The van der Waals surface area contributed by atoms with Crippen LogP contribution in [-0.2, 0) is 7.05 Å². The van der Waals surface area contributed by atoms with E-state index < -0.39 is 5.25 Å². The van der Waals surface area contributed by atoms with Crippen LogP contribution in [0.3, 0.4) is 0 Å². The Morgan fingerprint density at radius 1 is 1.11 bits per heavy atom. The molecule has 1 atom stereocenters. The van der Waals surface area contributed by atoms with Crippen molar-refractivity contribution >= 4 is 24.2 Å². The predicted octanol–water partition coefficient (Wildman–Crippen LogP) is 4.34. The average molecular weight is 402 g/mol. The van der Waals surface area contributed by atoms with E-state index in [1.165, 1.54) is 12.1 Å². The zero-order valence-electron chi connectivity index (χ0n) is 14.0. The molecule has 0 amide bonds. The number of hydrogen-bond donors (Lipinski definition) is 1. The quantitative estimate of drug-likeness (QED) is 0.515. The SMILES string of the molecule is Cn1c(-c2cccc(F)c2)nnc1C(S)c1noc(-c2cccc(Cl)c2)n1. The molecule has 0 radical (unpaired) electrons. The first-order chi connectivity index (χ1) is 13.0. The molecule has 6 nitrogen and oxygen atoms in total. The van der Waals surface area contributed by atoms with E-state index in [1.54, 1.807) is 41.9 Å². The molecule has 0 N–H and O–H groups in total. The topological polar surface area (TPSA) is 69.6 Å². The van der Waals surface area contributed by atoms with Gasteiger partial charge in [-0.3, -0.25) is 0 Å². The summed E-state index contributed by atoms with van der Waals surface area (Å²) in [4.78, 5) is 4.38. The molecule has 0 spiro atoms. The van der Waals surface area contributed by atoms with Gasteiger partial charge in [-0.15, -0.1) is 10.2 Å². The van der Waals surface area contributed by atoms with E-state index in [4.69, 9.17) is 16.1 Å². The third-order valence-electron chi connectivity index (χ3n) is 3.99. The minimum atomic E-state index is -0.568. The summed E-state index contributed by atoms with van der Waals surface area (Å²) in [6.07, 6.45) is 0. The Bertz CT molecular complexity index is 1110. The predicted molar refractivity (Wildman–Crippen MR) is 102 cm³/mol. The molecular weight excluding hydrogens is 389 g/mol. The molecular formula is C18H13ClFN5OS. The second kappa shape index (κ2) is 7.13. The van der Waals surface area contributed by atoms with Gasteiger partial charge in [-0.2, -0.15) is 17.6 Å². The van der Waals surface area contributed by atoms with Crippen LogP contribution >= 0.6 is 24.2 Å². The smallest absolute Gasteiger partial charge is 0.258 e. The summed E-state index contributed by atoms with van der Waals surface area (Å²) in [5.74, 6) is 1.36. The molecule has 9 heteroatoms. The van der Waals surface area contributed by atoms with Crippen molar-refractivity contribution in [2.75, 3.05) is 0 Å². The fraction of sp³-hybridized carbons (Fsp3) is 0.111. The van der Waals surface area contributed by atoms with Crippen LogP contribution in [-0.4, -0.2) is 24.9 Å². The number of nitrogens with zero attached hydrogens (tertiary/aromatic N) is 5. The molecule has 0 aliphatic heterocycles. The lowest BCUT2D eigenvalue weighted by Gasteiger charge is -2.07. The van der Waals surface area contributed by atoms with Crippen LogP contribution in [0.25, 0.3) is 22.8 Å². The summed E-state index contributed by atoms with van der Waals surface area (Å²) < 4.78 is 20.5. The number of halogens is 2. The maximum absolute atomic E-state index is 13.5. The van der Waals surface area contributed by atoms with Crippen molar-refractivity contribution in [3.8, 4) is 22.8 Å². The lowest BCUT2D eigenvalue weighted by Crippen LogP contribution is -2.05. The van der Waals surface area contributed by atoms with Gasteiger partial charge >= 0.3 is 0 Å². The molecule has 27 heavy (non-hydrogen) atoms. The summed E-state index contributed by atoms with van der Waals surface area (Å²) in [6.45, 7) is 0. The van der Waals surface area contributed by atoms with E-state index in [0.717, 1.165) is 0 Å². The molecule has 136 valence electrons. The minimum absolute atomic E-state index is 0.332. The second-order valence-electron chi connectivity index (χ2n) is 5.82. The van der Waals surface area contributed by atoms with Gasteiger partial charge < -0.3 is 9.09 Å². The Morgan fingerprint density at radius 2 is 1.89 bits per heavy atom. The Morgan fingerprint density at radius 3 is 2.67 bits per heavy atom. The van der Waals surface area contributed by atoms with Crippen molar-refractivity contribution < 1.29 is 8.91 Å². The third-order valence-corrected chi connectivity index (χ3v) is 4.69. The summed E-state index contributed by atoms with van der Waals surface area (Å²) in [6, 6.07) is 13.3. The van der Waals surface area contributed by atoms with Gasteiger partial charge in [-0.25, -0.2) is 4.39 Å². The normalized spacial score (nSPS) is 12.3. The number of hydrogen-bond acceptors (Lipinski definition) is 6. The maximum Gasteiger partial charge on any atom is 0.258 e. The van der Waals surface area contributed by atoms with Crippen LogP contribution in [0, 0.1) is 5.82 Å². The zero-order valence-corrected chi connectivity index (χ0v) is 15.7. The fourth-order valence-corrected chi connectivity index (χ4v) is 3.18. The molecule has 2 aromatic heterocycles. The monoisotopic (exact) mass is 401 g/mol. The summed E-state index contributed by atoms with van der Waals surface area (Å²) >= 11 is 10.6. The largest absolute Gasteiger partial charge is 0.334 e. The van der Waals surface area contributed by atoms with Crippen LogP contribution in [0.15, 0.2) is 53.1 Å². The Balaban J connectivity index is 1.65. The van der Waals surface area contributed by atoms with Crippen LogP contribution in [0.1, 0.15) is 16.9 Å². The zero-order chi connectivity index (χ0) is 19.0. The molecule has 4 rings (SSSR count). The van der Waals surface area contributed by atoms with Crippen molar-refractivity contribution in [2.45, 2.75) is 5.25 Å². The van der Waals surface area contributed by atoms with Gasteiger partial charge in [0.1, 0.15) is 11.1 Å². The number of aromatic nitrogens is 5. The summed E-state index contributed by atoms with van der Waals surface area (Å²) in [7, 11) is 1.77. The van der Waals surface area contributed by atoms with Gasteiger partial charge in [0.25, 0.3) is 5.89 Å². The first-order valence-corrected chi connectivity index (χ1v) is 8.85. The molecule has 0 bridgehead atoms. The minimum Gasteiger partial charge on any atom is -0.334 e. The first-order valence-electron chi connectivity index (χ1n) is 7.96. The van der Waals surface area contributed by atoms with Gasteiger partial charge in [0.15, 0.2) is 17.5 Å². The number of rotatable bonds is 4. The van der Waals surface area contributed by atoms with E-state index in [0.29, 0.717) is 39.5 Å². The highest BCUT2D eigenvalue weighted by Crippen LogP contribution is 2.29. The van der Waals surface area contributed by atoms with Gasteiger partial charge in [0.2, 0.25) is 0 Å². The Labute approximate surface area is 164 Å². The van der Waals surface area contributed by atoms with Crippen molar-refractivity contribution in [1.82, 2.24) is 24.9 Å². The van der Waals surface area contributed by atoms with Gasteiger partial charge in [0, 0.05) is 23.2 Å². The molecule has 1 unspecified atom stereocenters. The van der Waals surface area contributed by atoms with Gasteiger partial charge in [0.05, 0.1) is 0 Å². The van der Waals surface area contributed by atoms with E-state index >= 15 is 0 Å². The molecule has 2 aromatic carbocycles. The van der Waals surface area contributed by atoms with Crippen molar-refractivity contribution in [3.63, 3.8) is 0 Å². The highest BCUT2D eigenvalue weighted by atomic mass is 35.5. The van der Waals surface area contributed by atoms with Crippen LogP contribution < -0.4 is 0 Å². The first kappa shape index (κ1) is 17.7. The van der Waals surface area contributed by atoms with Crippen LogP contribution in [0.5, 0.6) is 0 Å². The van der Waals surface area contributed by atoms with Crippen molar-refractivity contribution in [1.29, 1.82) is 0 Å². The van der Waals surface area contributed by atoms with Crippen LogP contribution in [0.4, 0.5) is 4.39 Å². The lowest BCUT2D eigenvalue weighted by atomic mass is 10.2. The molecule has 2 heterocycles. The number of benzene rings is 2. The maximum atomic E-state index is 13.5. The van der Waals surface area contributed by atoms with E-state index in [1.807, 2.05) is 6.07 Å². The second-order valence-corrected chi connectivity index (χ2v) is 6.77. The summed E-state index contributed by atoms with van der Waals surface area (Å²) in [5.41, 5.74) is 1.32. The van der Waals surface area contributed by atoms with Gasteiger partial charge in [-0.1, -0.05) is 35.0 Å². The van der Waals surface area contributed by atoms with Crippen LogP contribution in [0.2, 0.25) is 5.02 Å². The van der Waals surface area contributed by atoms with Crippen molar-refractivity contribution in [2.24, 2.45) is 7.05 Å². The van der Waals surface area contributed by atoms with Gasteiger partial charge in [-0.05, 0) is 30.3 Å². The van der Waals surface area contributed by atoms with E-state index in [9.17, 15) is 4.39 Å². The lowest BCUT2D eigenvalue weighted by molar-refractivity contribution is 0.423. The molecule has 0 aliphatic rings. The highest BCUT2D eigenvalue weighted by Gasteiger charge is 2.24. The number of thiol groups is 1.